The molecule has 1 amide bonds. The molecule has 1 aliphatic rings. The summed E-state index contributed by atoms with van der Waals surface area (Å²) < 4.78 is 43.8. The summed E-state index contributed by atoms with van der Waals surface area (Å²) in [6.45, 7) is 0.682. The number of likely N-dealkylation sites (tertiary alicyclic amines) is 1. The smallest absolute Gasteiger partial charge is 0.433 e. The molecule has 4 nitrogen and oxygen atoms in total. The second-order valence-corrected chi connectivity index (χ2v) is 6.81. The van der Waals surface area contributed by atoms with E-state index in [0.29, 0.717) is 24.3 Å². The summed E-state index contributed by atoms with van der Waals surface area (Å²) in [6, 6.07) is 13.5. The van der Waals surface area contributed by atoms with Gasteiger partial charge in [0.25, 0.3) is 5.91 Å². The molecule has 1 atom stereocenters. The van der Waals surface area contributed by atoms with Gasteiger partial charge < -0.3 is 9.64 Å². The molecule has 2 heterocycles. The van der Waals surface area contributed by atoms with Crippen molar-refractivity contribution in [1.82, 2.24) is 9.88 Å². The number of amides is 1. The number of carbonyl (C=O) groups is 1. The quantitative estimate of drug-likeness (QED) is 0.664. The highest BCUT2D eigenvalue weighted by Crippen LogP contribution is 2.31. The van der Waals surface area contributed by atoms with E-state index in [4.69, 9.17) is 4.74 Å². The number of aromatic nitrogens is 1. The van der Waals surface area contributed by atoms with E-state index in [0.717, 1.165) is 22.4 Å². The maximum atomic E-state index is 12.7. The molecule has 1 fully saturated rings. The molecule has 0 N–H and O–H groups in total. The summed E-state index contributed by atoms with van der Waals surface area (Å²) in [6.07, 6.45) is -3.02. The predicted octanol–water partition coefficient (Wildman–Crippen LogP) is 4.53. The maximum Gasteiger partial charge on any atom is 0.433 e. The Morgan fingerprint density at radius 2 is 1.75 bits per heavy atom. The van der Waals surface area contributed by atoms with Crippen LogP contribution in [0.3, 0.4) is 0 Å². The van der Waals surface area contributed by atoms with E-state index in [1.54, 1.807) is 18.0 Å². The highest BCUT2D eigenvalue weighted by atomic mass is 19.4. The third-order valence-corrected chi connectivity index (χ3v) is 4.86. The zero-order chi connectivity index (χ0) is 19.9. The fourth-order valence-corrected chi connectivity index (χ4v) is 3.27. The van der Waals surface area contributed by atoms with Crippen LogP contribution in [-0.4, -0.2) is 35.5 Å². The predicted molar refractivity (Wildman–Crippen MR) is 98.9 cm³/mol. The monoisotopic (exact) mass is 386 g/mol. The lowest BCUT2D eigenvalue weighted by molar-refractivity contribution is -0.141. The third kappa shape index (κ3) is 3.52. The van der Waals surface area contributed by atoms with Gasteiger partial charge in [-0.3, -0.25) is 9.78 Å². The lowest BCUT2D eigenvalue weighted by atomic mass is 10.0. The topological polar surface area (TPSA) is 42.4 Å². The number of benzene rings is 2. The number of halogens is 3. The van der Waals surface area contributed by atoms with Crippen molar-refractivity contribution in [3.63, 3.8) is 0 Å². The zero-order valence-corrected chi connectivity index (χ0v) is 15.0. The summed E-state index contributed by atoms with van der Waals surface area (Å²) in [5.41, 5.74) is 0.468. The molecule has 7 heteroatoms. The van der Waals surface area contributed by atoms with Crippen LogP contribution in [0.1, 0.15) is 12.1 Å². The number of nitrogens with zero attached hydrogens (tertiary/aromatic N) is 2. The van der Waals surface area contributed by atoms with Crippen molar-refractivity contribution in [1.29, 1.82) is 0 Å². The minimum Gasteiger partial charge on any atom is -0.481 e. The van der Waals surface area contributed by atoms with Gasteiger partial charge in [-0.2, -0.15) is 13.2 Å². The number of alkyl halides is 3. The summed E-state index contributed by atoms with van der Waals surface area (Å²) in [4.78, 5) is 17.1. The van der Waals surface area contributed by atoms with Crippen molar-refractivity contribution in [2.75, 3.05) is 13.6 Å². The molecule has 28 heavy (non-hydrogen) atoms. The molecule has 1 saturated heterocycles. The summed E-state index contributed by atoms with van der Waals surface area (Å²) in [5, 5.41) is 1.83. The van der Waals surface area contributed by atoms with Crippen LogP contribution in [0.15, 0.2) is 54.7 Å². The molecular formula is C21H17F3N2O2. The van der Waals surface area contributed by atoms with Gasteiger partial charge >= 0.3 is 6.18 Å². The molecule has 0 bridgehead atoms. The zero-order valence-electron chi connectivity index (χ0n) is 15.0. The minimum atomic E-state index is -4.45. The van der Waals surface area contributed by atoms with E-state index in [9.17, 15) is 18.0 Å². The van der Waals surface area contributed by atoms with Gasteiger partial charge in [-0.25, -0.2) is 0 Å². The van der Waals surface area contributed by atoms with Gasteiger partial charge in [0, 0.05) is 31.8 Å². The normalized spacial score (nSPS) is 17.4. The molecule has 0 aliphatic carbocycles. The number of pyridine rings is 1. The standard InChI is InChI=1S/C21H17F3N2O2/c1-26-9-8-18(20(26)27)28-17-6-4-13-10-14(2-3-15(13)11-17)16-5-7-19(25-12-16)21(22,23)24/h2-7,10-12,18H,8-9H2,1H3. The van der Waals surface area contributed by atoms with Crippen LogP contribution in [0.2, 0.25) is 0 Å². The molecule has 0 saturated carbocycles. The molecule has 0 radical (unpaired) electrons. The molecule has 0 spiro atoms. The van der Waals surface area contributed by atoms with Crippen LogP contribution in [-0.2, 0) is 11.0 Å². The summed E-state index contributed by atoms with van der Waals surface area (Å²) in [5.74, 6) is 0.593. The van der Waals surface area contributed by atoms with E-state index in [1.807, 2.05) is 30.3 Å². The Bertz CT molecular complexity index is 1030. The first-order chi connectivity index (χ1) is 13.3. The van der Waals surface area contributed by atoms with Crippen molar-refractivity contribution in [2.45, 2.75) is 18.7 Å². The summed E-state index contributed by atoms with van der Waals surface area (Å²) in [7, 11) is 1.75. The number of hydrogen-bond donors (Lipinski definition) is 0. The first-order valence-electron chi connectivity index (χ1n) is 8.80. The molecule has 2 aromatic carbocycles. The van der Waals surface area contributed by atoms with Crippen LogP contribution in [0.25, 0.3) is 21.9 Å². The van der Waals surface area contributed by atoms with Crippen molar-refractivity contribution >= 4 is 16.7 Å². The Labute approximate surface area is 159 Å². The second kappa shape index (κ2) is 6.82. The lowest BCUT2D eigenvalue weighted by Gasteiger charge is -2.13. The van der Waals surface area contributed by atoms with Crippen molar-refractivity contribution in [3.05, 3.63) is 60.4 Å². The van der Waals surface area contributed by atoms with E-state index in [2.05, 4.69) is 4.98 Å². The average Bonchev–Trinajstić information content (AvgIpc) is 2.99. The molecular weight excluding hydrogens is 369 g/mol. The molecule has 4 rings (SSSR count). The summed E-state index contributed by atoms with van der Waals surface area (Å²) >= 11 is 0. The fourth-order valence-electron chi connectivity index (χ4n) is 3.27. The van der Waals surface area contributed by atoms with Crippen LogP contribution in [0, 0.1) is 0 Å². The maximum absolute atomic E-state index is 12.7. The molecule has 1 aliphatic heterocycles. The Kier molecular flexibility index (Phi) is 4.45. The van der Waals surface area contributed by atoms with Crippen molar-refractivity contribution < 1.29 is 22.7 Å². The van der Waals surface area contributed by atoms with Crippen molar-refractivity contribution in [2.24, 2.45) is 0 Å². The van der Waals surface area contributed by atoms with Crippen molar-refractivity contribution in [3.8, 4) is 16.9 Å². The molecule has 3 aromatic rings. The van der Waals surface area contributed by atoms with Gasteiger partial charge in [0.05, 0.1) is 0 Å². The van der Waals surface area contributed by atoms with Gasteiger partial charge in [0.2, 0.25) is 0 Å². The van der Waals surface area contributed by atoms with Crippen LogP contribution >= 0.6 is 0 Å². The van der Waals surface area contributed by atoms with E-state index >= 15 is 0 Å². The van der Waals surface area contributed by atoms with Gasteiger partial charge in [0.15, 0.2) is 6.10 Å². The number of ether oxygens (including phenoxy) is 1. The third-order valence-electron chi connectivity index (χ3n) is 4.86. The van der Waals surface area contributed by atoms with E-state index in [1.165, 1.54) is 12.3 Å². The fraction of sp³-hybridized carbons (Fsp3) is 0.238. The number of hydrogen-bond acceptors (Lipinski definition) is 3. The molecule has 144 valence electrons. The highest BCUT2D eigenvalue weighted by Gasteiger charge is 2.32. The van der Waals surface area contributed by atoms with Crippen LogP contribution in [0.5, 0.6) is 5.75 Å². The van der Waals surface area contributed by atoms with E-state index < -0.39 is 18.0 Å². The highest BCUT2D eigenvalue weighted by molar-refractivity contribution is 5.88. The Hall–Kier alpha value is -3.09. The number of likely N-dealkylation sites (N-methyl/N-ethyl adjacent to an activating group) is 1. The Morgan fingerprint density at radius 3 is 2.39 bits per heavy atom. The largest absolute Gasteiger partial charge is 0.481 e. The minimum absolute atomic E-state index is 0.0229. The Morgan fingerprint density at radius 1 is 1.04 bits per heavy atom. The molecule has 1 unspecified atom stereocenters. The van der Waals surface area contributed by atoms with Gasteiger partial charge in [-0.15, -0.1) is 0 Å². The Balaban J connectivity index is 1.57. The number of fused-ring (bicyclic) bond motifs is 1. The first-order valence-corrected chi connectivity index (χ1v) is 8.80. The van der Waals surface area contributed by atoms with Gasteiger partial charge in [-0.05, 0) is 40.6 Å². The SMILES string of the molecule is CN1CCC(Oc2ccc3cc(-c4ccc(C(F)(F)F)nc4)ccc3c2)C1=O. The second-order valence-electron chi connectivity index (χ2n) is 6.81. The van der Waals surface area contributed by atoms with Crippen LogP contribution < -0.4 is 4.74 Å². The first kappa shape index (κ1) is 18.3. The average molecular weight is 386 g/mol. The number of carbonyl (C=O) groups excluding carboxylic acids is 1. The van der Waals surface area contributed by atoms with Gasteiger partial charge in [0.1, 0.15) is 11.4 Å². The van der Waals surface area contributed by atoms with E-state index in [-0.39, 0.29) is 5.91 Å². The van der Waals surface area contributed by atoms with Crippen LogP contribution in [0.4, 0.5) is 13.2 Å². The number of rotatable bonds is 3. The lowest BCUT2D eigenvalue weighted by Crippen LogP contribution is -2.29. The van der Waals surface area contributed by atoms with Gasteiger partial charge in [-0.1, -0.05) is 24.3 Å². The molecule has 1 aromatic heterocycles.